The van der Waals surface area contributed by atoms with Gasteiger partial charge in [-0.3, -0.25) is 10.2 Å². The Kier molecular flexibility index (Phi) is 3.50. The Balaban J connectivity index is 1.81. The molecule has 1 aliphatic heterocycles. The van der Waals surface area contributed by atoms with E-state index in [-0.39, 0.29) is 0 Å². The van der Waals surface area contributed by atoms with Crippen molar-refractivity contribution in [3.63, 3.8) is 0 Å². The molecule has 24 heavy (non-hydrogen) atoms. The van der Waals surface area contributed by atoms with Crippen LogP contribution in [0, 0.1) is 0 Å². The summed E-state index contributed by atoms with van der Waals surface area (Å²) >= 11 is 6.23. The van der Waals surface area contributed by atoms with Crippen LogP contribution in [0.2, 0.25) is 5.02 Å². The molecule has 0 unspecified atom stereocenters. The van der Waals surface area contributed by atoms with Crippen molar-refractivity contribution in [3.8, 4) is 22.8 Å². The van der Waals surface area contributed by atoms with Gasteiger partial charge >= 0.3 is 0 Å². The topological polar surface area (TPSA) is 62.1 Å². The molecule has 0 atom stereocenters. The molecule has 0 fully saturated rings. The van der Waals surface area contributed by atoms with E-state index in [2.05, 4.69) is 21.6 Å². The van der Waals surface area contributed by atoms with Crippen molar-refractivity contribution in [2.45, 2.75) is 0 Å². The zero-order valence-electron chi connectivity index (χ0n) is 13.2. The molecule has 5 nitrogen and oxygen atoms in total. The maximum Gasteiger partial charge on any atom is 0.161 e. The van der Waals surface area contributed by atoms with E-state index in [1.54, 1.807) is 14.2 Å². The van der Waals surface area contributed by atoms with Crippen LogP contribution >= 0.6 is 11.6 Å². The minimum absolute atomic E-state index is 0.666. The number of H-pyrrole nitrogens is 2. The number of halogens is 1. The number of hydrogen-bond acceptors (Lipinski definition) is 3. The molecule has 0 bridgehead atoms. The van der Waals surface area contributed by atoms with Crippen LogP contribution in [0.15, 0.2) is 42.5 Å². The first-order chi connectivity index (χ1) is 11.7. The van der Waals surface area contributed by atoms with E-state index < -0.39 is 0 Å². The lowest BCUT2D eigenvalue weighted by molar-refractivity contribution is 0.356. The molecule has 6 heteroatoms. The highest BCUT2D eigenvalue weighted by Gasteiger charge is 2.19. The predicted octanol–water partition coefficient (Wildman–Crippen LogP) is 5.02. The standard InChI is InChI=1S/C18H16ClN3O2/c1-23-15-8-10-7-12-17(11(10)9-16(15)24-2)21-22-18(12)20-14-6-4-3-5-13(14)19/h3-9,20-22H,1-2H3. The summed E-state index contributed by atoms with van der Waals surface area (Å²) < 4.78 is 10.8. The molecule has 0 saturated heterocycles. The zero-order chi connectivity index (χ0) is 16.7. The molecule has 2 aromatic rings. The fourth-order valence-corrected chi connectivity index (χ4v) is 3.11. The number of para-hydroxylation sites is 1. The Bertz CT molecular complexity index is 989. The molecule has 0 radical (unpaired) electrons. The lowest BCUT2D eigenvalue weighted by Crippen LogP contribution is -1.91. The number of fused-ring (bicyclic) bond motifs is 3. The van der Waals surface area contributed by atoms with Crippen molar-refractivity contribution >= 4 is 33.9 Å². The molecule has 2 aromatic carbocycles. The molecular weight excluding hydrogens is 326 g/mol. The van der Waals surface area contributed by atoms with Crippen LogP contribution in [0.5, 0.6) is 11.5 Å². The SMILES string of the molecule is COc1cc2cc3c(Nc4ccccc4Cl)[nH][nH]c-3c2cc1OC. The first-order valence-electron chi connectivity index (χ1n) is 7.47. The molecule has 0 aromatic heterocycles. The van der Waals surface area contributed by atoms with Gasteiger partial charge in [0.1, 0.15) is 5.82 Å². The number of benzene rings is 2. The van der Waals surface area contributed by atoms with Crippen LogP contribution in [-0.4, -0.2) is 24.4 Å². The molecule has 3 N–H and O–H groups in total. The van der Waals surface area contributed by atoms with Crippen molar-refractivity contribution in [1.29, 1.82) is 0 Å². The van der Waals surface area contributed by atoms with Crippen molar-refractivity contribution in [2.75, 3.05) is 19.5 Å². The van der Waals surface area contributed by atoms with E-state index >= 15 is 0 Å². The summed E-state index contributed by atoms with van der Waals surface area (Å²) in [6.45, 7) is 0. The summed E-state index contributed by atoms with van der Waals surface area (Å²) in [6, 6.07) is 13.7. The molecular formula is C18H16ClN3O2. The second kappa shape index (κ2) is 5.69. The fourth-order valence-electron chi connectivity index (χ4n) is 2.92. The van der Waals surface area contributed by atoms with Gasteiger partial charge in [-0.05, 0) is 35.7 Å². The average molecular weight is 342 g/mol. The highest BCUT2D eigenvalue weighted by molar-refractivity contribution is 6.33. The zero-order valence-corrected chi connectivity index (χ0v) is 14.0. The van der Waals surface area contributed by atoms with Crippen molar-refractivity contribution in [2.24, 2.45) is 0 Å². The molecule has 122 valence electrons. The number of anilines is 2. The van der Waals surface area contributed by atoms with Gasteiger partial charge in [-0.15, -0.1) is 0 Å². The largest absolute Gasteiger partial charge is 0.493 e. The minimum atomic E-state index is 0.666. The monoisotopic (exact) mass is 341 g/mol. The normalized spacial score (nSPS) is 11.1. The third-order valence-corrected chi connectivity index (χ3v) is 4.44. The summed E-state index contributed by atoms with van der Waals surface area (Å²) in [6.07, 6.45) is 0. The van der Waals surface area contributed by atoms with Gasteiger partial charge in [0.2, 0.25) is 0 Å². The minimum Gasteiger partial charge on any atom is -0.493 e. The molecule has 0 spiro atoms. The Morgan fingerprint density at radius 1 is 0.958 bits per heavy atom. The third kappa shape index (κ3) is 2.25. The number of ether oxygens (including phenoxy) is 2. The van der Waals surface area contributed by atoms with E-state index in [1.807, 2.05) is 36.4 Å². The quantitative estimate of drug-likeness (QED) is 0.488. The smallest absolute Gasteiger partial charge is 0.161 e. The molecule has 0 saturated carbocycles. The maximum atomic E-state index is 6.23. The van der Waals surface area contributed by atoms with Crippen molar-refractivity contribution < 1.29 is 9.47 Å². The lowest BCUT2D eigenvalue weighted by atomic mass is 10.2. The highest BCUT2D eigenvalue weighted by atomic mass is 35.5. The fraction of sp³-hybridized carbons (Fsp3) is 0.111. The second-order valence-electron chi connectivity index (χ2n) is 5.46. The van der Waals surface area contributed by atoms with E-state index in [0.29, 0.717) is 16.5 Å². The Morgan fingerprint density at radius 2 is 1.71 bits per heavy atom. The summed E-state index contributed by atoms with van der Waals surface area (Å²) in [7, 11) is 3.27. The molecule has 0 amide bonds. The Morgan fingerprint density at radius 3 is 2.46 bits per heavy atom. The summed E-state index contributed by atoms with van der Waals surface area (Å²) in [4.78, 5) is 0. The summed E-state index contributed by atoms with van der Waals surface area (Å²) in [5, 5.41) is 12.5. The van der Waals surface area contributed by atoms with Crippen molar-refractivity contribution in [3.05, 3.63) is 47.5 Å². The third-order valence-electron chi connectivity index (χ3n) is 4.11. The van der Waals surface area contributed by atoms with Gasteiger partial charge in [-0.2, -0.15) is 0 Å². The number of hydrogen-bond donors (Lipinski definition) is 3. The van der Waals surface area contributed by atoms with Crippen LogP contribution < -0.4 is 14.8 Å². The van der Waals surface area contributed by atoms with E-state index in [1.165, 1.54) is 0 Å². The molecule has 1 aliphatic carbocycles. The molecule has 2 aliphatic rings. The average Bonchev–Trinajstić information content (AvgIpc) is 3.15. The van der Waals surface area contributed by atoms with Crippen LogP contribution in [0.1, 0.15) is 0 Å². The van der Waals surface area contributed by atoms with E-state index in [0.717, 1.165) is 33.5 Å². The highest BCUT2D eigenvalue weighted by Crippen LogP contribution is 2.43. The lowest BCUT2D eigenvalue weighted by Gasteiger charge is -2.07. The first kappa shape index (κ1) is 14.8. The Hall–Kier alpha value is -2.79. The number of aromatic nitrogens is 2. The van der Waals surface area contributed by atoms with Crippen molar-refractivity contribution in [1.82, 2.24) is 10.2 Å². The van der Waals surface area contributed by atoms with Crippen LogP contribution in [0.25, 0.3) is 22.0 Å². The number of aromatic amines is 2. The van der Waals surface area contributed by atoms with E-state index in [9.17, 15) is 0 Å². The number of nitrogens with one attached hydrogen (secondary N) is 3. The van der Waals surface area contributed by atoms with Crippen LogP contribution in [0.3, 0.4) is 0 Å². The van der Waals surface area contributed by atoms with Gasteiger partial charge in [0.05, 0.1) is 30.6 Å². The summed E-state index contributed by atoms with van der Waals surface area (Å²) in [5.41, 5.74) is 2.89. The maximum absolute atomic E-state index is 6.23. The van der Waals surface area contributed by atoms with Gasteiger partial charge in [0.15, 0.2) is 11.5 Å². The van der Waals surface area contributed by atoms with Gasteiger partial charge < -0.3 is 14.8 Å². The van der Waals surface area contributed by atoms with Crippen LogP contribution in [0.4, 0.5) is 11.5 Å². The predicted molar refractivity (Wildman–Crippen MR) is 97.1 cm³/mol. The van der Waals surface area contributed by atoms with Gasteiger partial charge in [0.25, 0.3) is 0 Å². The first-order valence-corrected chi connectivity index (χ1v) is 7.85. The number of methoxy groups -OCH3 is 2. The molecule has 4 rings (SSSR count). The van der Waals surface area contributed by atoms with Gasteiger partial charge in [0, 0.05) is 10.9 Å². The van der Waals surface area contributed by atoms with Gasteiger partial charge in [-0.25, -0.2) is 0 Å². The second-order valence-corrected chi connectivity index (χ2v) is 5.86. The van der Waals surface area contributed by atoms with Gasteiger partial charge in [-0.1, -0.05) is 23.7 Å². The molecule has 1 heterocycles. The van der Waals surface area contributed by atoms with Crippen LogP contribution in [-0.2, 0) is 0 Å². The Labute approximate surface area is 143 Å². The van der Waals surface area contributed by atoms with E-state index in [4.69, 9.17) is 21.1 Å². The summed E-state index contributed by atoms with van der Waals surface area (Å²) in [5.74, 6) is 2.27. The number of rotatable bonds is 4.